The van der Waals surface area contributed by atoms with Gasteiger partial charge < -0.3 is 9.13 Å². The van der Waals surface area contributed by atoms with Gasteiger partial charge in [-0.25, -0.2) is 0 Å². The maximum absolute atomic E-state index is 2.47. The molecule has 51 heavy (non-hydrogen) atoms. The van der Waals surface area contributed by atoms with Crippen LogP contribution < -0.4 is 0 Å². The van der Waals surface area contributed by atoms with Crippen molar-refractivity contribution in [2.75, 3.05) is 0 Å². The maximum Gasteiger partial charge on any atom is 0.0719 e. The third-order valence-corrected chi connectivity index (χ3v) is 11.7. The molecule has 8 aromatic carbocycles. The molecule has 0 aliphatic carbocycles. The molecule has 3 aromatic heterocycles. The van der Waals surface area contributed by atoms with E-state index in [0.717, 1.165) is 0 Å². The molecule has 0 atom stereocenters. The van der Waals surface area contributed by atoms with Crippen LogP contribution in [0.3, 0.4) is 0 Å². The van der Waals surface area contributed by atoms with Gasteiger partial charge in [0, 0.05) is 48.4 Å². The van der Waals surface area contributed by atoms with Crippen LogP contribution in [0, 0.1) is 0 Å². The first-order valence-electron chi connectivity index (χ1n) is 17.4. The molecular formula is C48H30N2S. The molecule has 0 saturated carbocycles. The van der Waals surface area contributed by atoms with Crippen molar-refractivity contribution in [3.05, 3.63) is 182 Å². The van der Waals surface area contributed by atoms with Gasteiger partial charge in [-0.1, -0.05) is 127 Å². The molecule has 0 fully saturated rings. The van der Waals surface area contributed by atoms with Crippen LogP contribution in [-0.4, -0.2) is 9.13 Å². The van der Waals surface area contributed by atoms with Crippen LogP contribution in [-0.2, 0) is 0 Å². The lowest BCUT2D eigenvalue weighted by atomic mass is 10.0. The minimum Gasteiger partial charge on any atom is -0.309 e. The monoisotopic (exact) mass is 666 g/mol. The number of fused-ring (bicyclic) bond motifs is 10. The van der Waals surface area contributed by atoms with E-state index in [0.29, 0.717) is 0 Å². The van der Waals surface area contributed by atoms with E-state index in [9.17, 15) is 0 Å². The molecule has 2 nitrogen and oxygen atoms in total. The molecule has 238 valence electrons. The Bertz CT molecular complexity index is 3050. The van der Waals surface area contributed by atoms with Crippen LogP contribution in [0.1, 0.15) is 0 Å². The number of para-hydroxylation sites is 3. The Morgan fingerprint density at radius 1 is 0.314 bits per heavy atom. The molecular weight excluding hydrogens is 637 g/mol. The number of thiophene rings is 1. The van der Waals surface area contributed by atoms with E-state index in [1.165, 1.54) is 97.4 Å². The largest absolute Gasteiger partial charge is 0.309 e. The number of aromatic nitrogens is 2. The topological polar surface area (TPSA) is 9.86 Å². The van der Waals surface area contributed by atoms with Crippen molar-refractivity contribution in [3.63, 3.8) is 0 Å². The summed E-state index contributed by atoms with van der Waals surface area (Å²) in [5, 5.41) is 7.75. The average molecular weight is 667 g/mol. The van der Waals surface area contributed by atoms with E-state index in [2.05, 4.69) is 191 Å². The van der Waals surface area contributed by atoms with E-state index >= 15 is 0 Å². The number of hydrogen-bond donors (Lipinski definition) is 0. The first-order chi connectivity index (χ1) is 25.3. The van der Waals surface area contributed by atoms with Crippen LogP contribution in [0.25, 0.3) is 97.4 Å². The number of benzene rings is 8. The van der Waals surface area contributed by atoms with Gasteiger partial charge in [-0.3, -0.25) is 0 Å². The number of hydrogen-bond acceptors (Lipinski definition) is 1. The first kappa shape index (κ1) is 28.4. The van der Waals surface area contributed by atoms with Gasteiger partial charge in [-0.15, -0.1) is 11.3 Å². The SMILES string of the molecule is c1ccc(-c2ccc3sc4c(ccc5c6ccccc6n(-c6ccc(-c7ccc(-n8c9ccccc9c9ccccc98)cc7)cc6)c54)c3c2)cc1. The Labute approximate surface area is 298 Å². The summed E-state index contributed by atoms with van der Waals surface area (Å²) in [5.74, 6) is 0. The standard InChI is InChI=1S/C48H30N2S/c1-2-10-31(11-3-1)34-22-29-46-42(30-34)41-28-27-40-39-14-6-9-17-45(39)50(47(40)48(41)51-46)36-25-20-33(21-26-36)32-18-23-35(24-19-32)49-43-15-7-4-12-37(43)38-13-5-8-16-44(38)49/h1-30H. The van der Waals surface area contributed by atoms with Gasteiger partial charge in [0.25, 0.3) is 0 Å². The molecule has 0 amide bonds. The average Bonchev–Trinajstić information content (AvgIpc) is 3.86. The van der Waals surface area contributed by atoms with Gasteiger partial charge in [-0.05, 0) is 76.9 Å². The van der Waals surface area contributed by atoms with E-state index in [1.54, 1.807) is 0 Å². The van der Waals surface area contributed by atoms with Crippen molar-refractivity contribution in [2.45, 2.75) is 0 Å². The summed E-state index contributed by atoms with van der Waals surface area (Å²) in [6.07, 6.45) is 0. The lowest BCUT2D eigenvalue weighted by Gasteiger charge is -2.11. The Hall–Kier alpha value is -6.42. The minimum absolute atomic E-state index is 1.17. The van der Waals surface area contributed by atoms with Gasteiger partial charge >= 0.3 is 0 Å². The molecule has 0 N–H and O–H groups in total. The highest BCUT2D eigenvalue weighted by molar-refractivity contribution is 7.26. The van der Waals surface area contributed by atoms with Crippen molar-refractivity contribution in [3.8, 4) is 33.6 Å². The van der Waals surface area contributed by atoms with Gasteiger partial charge in [0.1, 0.15) is 0 Å². The fraction of sp³-hybridized carbons (Fsp3) is 0. The Morgan fingerprint density at radius 2 is 0.784 bits per heavy atom. The highest BCUT2D eigenvalue weighted by atomic mass is 32.1. The molecule has 0 radical (unpaired) electrons. The molecule has 0 unspecified atom stereocenters. The second-order valence-electron chi connectivity index (χ2n) is 13.3. The minimum atomic E-state index is 1.17. The smallest absolute Gasteiger partial charge is 0.0719 e. The molecule has 0 aliphatic rings. The second-order valence-corrected chi connectivity index (χ2v) is 14.4. The number of nitrogens with zero attached hydrogens (tertiary/aromatic N) is 2. The number of rotatable bonds is 4. The molecule has 3 heteroatoms. The van der Waals surface area contributed by atoms with Crippen molar-refractivity contribution >= 4 is 75.1 Å². The van der Waals surface area contributed by atoms with Crippen molar-refractivity contribution in [1.82, 2.24) is 9.13 Å². The predicted molar refractivity (Wildman–Crippen MR) is 219 cm³/mol. The molecule has 11 rings (SSSR count). The maximum atomic E-state index is 2.47. The molecule has 0 saturated heterocycles. The van der Waals surface area contributed by atoms with E-state index < -0.39 is 0 Å². The van der Waals surface area contributed by atoms with Crippen molar-refractivity contribution in [1.29, 1.82) is 0 Å². The van der Waals surface area contributed by atoms with E-state index in [4.69, 9.17) is 0 Å². The zero-order chi connectivity index (χ0) is 33.5. The van der Waals surface area contributed by atoms with Crippen LogP contribution in [0.4, 0.5) is 0 Å². The normalized spacial score (nSPS) is 11.9. The lowest BCUT2D eigenvalue weighted by molar-refractivity contribution is 1.18. The Kier molecular flexibility index (Phi) is 6.16. The predicted octanol–water partition coefficient (Wildman–Crippen LogP) is 13.6. The van der Waals surface area contributed by atoms with Gasteiger partial charge in [0.2, 0.25) is 0 Å². The van der Waals surface area contributed by atoms with Crippen LogP contribution in [0.2, 0.25) is 0 Å². The Morgan fingerprint density at radius 3 is 1.41 bits per heavy atom. The lowest BCUT2D eigenvalue weighted by Crippen LogP contribution is -1.94. The first-order valence-corrected chi connectivity index (χ1v) is 18.3. The zero-order valence-electron chi connectivity index (χ0n) is 27.6. The highest BCUT2D eigenvalue weighted by Crippen LogP contribution is 2.44. The molecule has 0 spiro atoms. The van der Waals surface area contributed by atoms with Gasteiger partial charge in [0.15, 0.2) is 0 Å². The van der Waals surface area contributed by atoms with Crippen LogP contribution >= 0.6 is 11.3 Å². The van der Waals surface area contributed by atoms with E-state index in [-0.39, 0.29) is 0 Å². The summed E-state index contributed by atoms with van der Waals surface area (Å²) < 4.78 is 7.48. The summed E-state index contributed by atoms with van der Waals surface area (Å²) in [7, 11) is 0. The summed E-state index contributed by atoms with van der Waals surface area (Å²) in [6, 6.07) is 66.5. The molecule has 0 aliphatic heterocycles. The van der Waals surface area contributed by atoms with Gasteiger partial charge in [-0.2, -0.15) is 0 Å². The second kappa shape index (κ2) is 11.0. The van der Waals surface area contributed by atoms with Crippen LogP contribution in [0.5, 0.6) is 0 Å². The molecule has 0 bridgehead atoms. The summed E-state index contributed by atoms with van der Waals surface area (Å²) in [4.78, 5) is 0. The molecule has 11 aromatic rings. The molecule has 3 heterocycles. The third kappa shape index (κ3) is 4.29. The van der Waals surface area contributed by atoms with E-state index in [1.807, 2.05) is 11.3 Å². The third-order valence-electron chi connectivity index (χ3n) is 10.5. The summed E-state index contributed by atoms with van der Waals surface area (Å²) in [6.45, 7) is 0. The van der Waals surface area contributed by atoms with Crippen molar-refractivity contribution in [2.24, 2.45) is 0 Å². The summed E-state index contributed by atoms with van der Waals surface area (Å²) in [5.41, 5.74) is 12.2. The summed E-state index contributed by atoms with van der Waals surface area (Å²) >= 11 is 1.90. The van der Waals surface area contributed by atoms with Gasteiger partial charge in [0.05, 0.1) is 26.8 Å². The fourth-order valence-corrected chi connectivity index (χ4v) is 9.39. The van der Waals surface area contributed by atoms with Crippen LogP contribution in [0.15, 0.2) is 182 Å². The highest BCUT2D eigenvalue weighted by Gasteiger charge is 2.18. The van der Waals surface area contributed by atoms with Crippen molar-refractivity contribution < 1.29 is 0 Å². The quantitative estimate of drug-likeness (QED) is 0.177. The fourth-order valence-electron chi connectivity index (χ4n) is 8.17. The zero-order valence-corrected chi connectivity index (χ0v) is 28.4. The Balaban J connectivity index is 1.03.